The average Bonchev–Trinajstić information content (AvgIpc) is 2.51. The van der Waals surface area contributed by atoms with Gasteiger partial charge in [0.2, 0.25) is 0 Å². The van der Waals surface area contributed by atoms with Crippen molar-refractivity contribution in [1.29, 1.82) is 0 Å². The van der Waals surface area contributed by atoms with Crippen molar-refractivity contribution in [3.8, 4) is 5.75 Å². The number of phenolic OH excluding ortho intramolecular Hbond substituents is 1. The molecule has 0 bridgehead atoms. The number of aryl methyl sites for hydroxylation is 1. The van der Waals surface area contributed by atoms with Gasteiger partial charge in [0.1, 0.15) is 0 Å². The van der Waals surface area contributed by atoms with Crippen LogP contribution in [0.25, 0.3) is 0 Å². The summed E-state index contributed by atoms with van der Waals surface area (Å²) >= 11 is 5.11. The number of hydrazone groups is 1. The van der Waals surface area contributed by atoms with Crippen LogP contribution in [0.15, 0.2) is 47.6 Å². The Morgan fingerprint density at radius 2 is 2.09 bits per heavy atom. The maximum atomic E-state index is 10.7. The molecule has 0 heterocycles. The first-order valence-electron chi connectivity index (χ1n) is 6.60. The molecule has 2 aromatic rings. The highest BCUT2D eigenvalue weighted by Crippen LogP contribution is 2.25. The zero-order valence-electron chi connectivity index (χ0n) is 12.2. The van der Waals surface area contributed by atoms with Crippen molar-refractivity contribution in [2.45, 2.75) is 6.92 Å². The maximum absolute atomic E-state index is 10.7. The van der Waals surface area contributed by atoms with E-state index in [0.717, 1.165) is 11.3 Å². The number of hydrogen-bond donors (Lipinski definition) is 3. The SMILES string of the molecule is Cc1ccccc1NC(=S)N/N=C\c1ccc(O)c([N+](=O)[O-])c1. The molecule has 0 spiro atoms. The number of phenols is 1. The first-order valence-corrected chi connectivity index (χ1v) is 7.01. The van der Waals surface area contributed by atoms with Crippen molar-refractivity contribution in [2.24, 2.45) is 5.10 Å². The Morgan fingerprint density at radius 3 is 2.78 bits per heavy atom. The van der Waals surface area contributed by atoms with Gasteiger partial charge in [0.25, 0.3) is 0 Å². The second-order valence-electron chi connectivity index (χ2n) is 4.64. The van der Waals surface area contributed by atoms with E-state index in [4.69, 9.17) is 12.2 Å². The smallest absolute Gasteiger partial charge is 0.311 e. The van der Waals surface area contributed by atoms with Gasteiger partial charge in [-0.2, -0.15) is 5.10 Å². The molecule has 118 valence electrons. The quantitative estimate of drug-likeness (QED) is 0.345. The molecule has 0 radical (unpaired) electrons. The molecule has 0 aliphatic rings. The molecule has 0 aliphatic carbocycles. The fraction of sp³-hybridized carbons (Fsp3) is 0.0667. The number of benzene rings is 2. The normalized spacial score (nSPS) is 10.5. The zero-order chi connectivity index (χ0) is 16.8. The largest absolute Gasteiger partial charge is 0.502 e. The minimum atomic E-state index is -0.662. The lowest BCUT2D eigenvalue weighted by Crippen LogP contribution is -2.24. The minimum Gasteiger partial charge on any atom is -0.502 e. The molecule has 8 heteroatoms. The number of para-hydroxylation sites is 1. The summed E-state index contributed by atoms with van der Waals surface area (Å²) in [5, 5.41) is 27.3. The first kappa shape index (κ1) is 16.4. The molecule has 7 nitrogen and oxygen atoms in total. The third-order valence-electron chi connectivity index (χ3n) is 2.97. The summed E-state index contributed by atoms with van der Waals surface area (Å²) in [5.74, 6) is -0.392. The summed E-state index contributed by atoms with van der Waals surface area (Å²) in [5.41, 5.74) is 4.60. The van der Waals surface area contributed by atoms with Crippen LogP contribution in [-0.2, 0) is 0 Å². The van der Waals surface area contributed by atoms with Gasteiger partial charge in [0.15, 0.2) is 10.9 Å². The van der Waals surface area contributed by atoms with Crippen molar-refractivity contribution in [3.63, 3.8) is 0 Å². The van der Waals surface area contributed by atoms with Crippen molar-refractivity contribution < 1.29 is 10.0 Å². The topological polar surface area (TPSA) is 99.8 Å². The lowest BCUT2D eigenvalue weighted by Gasteiger charge is -2.09. The minimum absolute atomic E-state index is 0.295. The van der Waals surface area contributed by atoms with E-state index in [2.05, 4.69) is 15.8 Å². The Hall–Kier alpha value is -3.00. The second-order valence-corrected chi connectivity index (χ2v) is 5.05. The van der Waals surface area contributed by atoms with E-state index < -0.39 is 10.7 Å². The summed E-state index contributed by atoms with van der Waals surface area (Å²) < 4.78 is 0. The van der Waals surface area contributed by atoms with Crippen LogP contribution in [0.5, 0.6) is 5.75 Å². The molecule has 0 unspecified atom stereocenters. The standard InChI is InChI=1S/C15H14N4O3S/c1-10-4-2-3-5-12(10)17-15(23)18-16-9-11-6-7-14(20)13(8-11)19(21)22/h2-9,20H,1H3,(H2,17,18,23)/b16-9-. The number of hydrogen-bond acceptors (Lipinski definition) is 5. The average molecular weight is 330 g/mol. The molecular weight excluding hydrogens is 316 g/mol. The molecule has 0 atom stereocenters. The van der Waals surface area contributed by atoms with Crippen LogP contribution in [0.4, 0.5) is 11.4 Å². The molecule has 0 amide bonds. The van der Waals surface area contributed by atoms with Gasteiger partial charge in [-0.25, -0.2) is 0 Å². The van der Waals surface area contributed by atoms with E-state index in [-0.39, 0.29) is 5.69 Å². The number of aromatic hydroxyl groups is 1. The molecule has 23 heavy (non-hydrogen) atoms. The molecule has 0 saturated carbocycles. The lowest BCUT2D eigenvalue weighted by molar-refractivity contribution is -0.385. The summed E-state index contributed by atoms with van der Waals surface area (Å²) in [7, 11) is 0. The van der Waals surface area contributed by atoms with Crippen LogP contribution in [0, 0.1) is 17.0 Å². The predicted octanol–water partition coefficient (Wildman–Crippen LogP) is 2.93. The third-order valence-corrected chi connectivity index (χ3v) is 3.16. The molecule has 3 N–H and O–H groups in total. The first-order chi connectivity index (χ1) is 11.0. The Balaban J connectivity index is 1.99. The molecular formula is C15H14N4O3S. The van der Waals surface area contributed by atoms with Gasteiger partial charge < -0.3 is 10.4 Å². The summed E-state index contributed by atoms with van der Waals surface area (Å²) in [6.45, 7) is 1.95. The predicted molar refractivity (Wildman–Crippen MR) is 92.9 cm³/mol. The fourth-order valence-electron chi connectivity index (χ4n) is 1.80. The lowest BCUT2D eigenvalue weighted by atomic mass is 10.2. The van der Waals surface area contributed by atoms with Crippen molar-refractivity contribution >= 4 is 34.9 Å². The van der Waals surface area contributed by atoms with Crippen LogP contribution < -0.4 is 10.7 Å². The van der Waals surface area contributed by atoms with Crippen LogP contribution in [0.1, 0.15) is 11.1 Å². The van der Waals surface area contributed by atoms with Gasteiger partial charge in [-0.1, -0.05) is 18.2 Å². The van der Waals surface area contributed by atoms with E-state index in [1.54, 1.807) is 0 Å². The van der Waals surface area contributed by atoms with E-state index in [9.17, 15) is 15.2 Å². The molecule has 0 fully saturated rings. The Labute approximate surface area is 137 Å². The number of nitro benzene ring substituents is 1. The van der Waals surface area contributed by atoms with E-state index in [1.165, 1.54) is 24.4 Å². The summed E-state index contributed by atoms with van der Waals surface area (Å²) in [6.07, 6.45) is 1.37. The number of rotatable bonds is 4. The highest BCUT2D eigenvalue weighted by Gasteiger charge is 2.12. The van der Waals surface area contributed by atoms with E-state index in [1.807, 2.05) is 31.2 Å². The summed E-state index contributed by atoms with van der Waals surface area (Å²) in [6, 6.07) is 11.6. The van der Waals surface area contributed by atoms with Crippen LogP contribution in [-0.4, -0.2) is 21.4 Å². The third kappa shape index (κ3) is 4.48. The number of thiocarbonyl (C=S) groups is 1. The molecule has 0 aliphatic heterocycles. The van der Waals surface area contributed by atoms with Crippen LogP contribution in [0.3, 0.4) is 0 Å². The zero-order valence-corrected chi connectivity index (χ0v) is 13.0. The second kappa shape index (κ2) is 7.32. The Bertz CT molecular complexity index is 777. The number of nitrogens with one attached hydrogen (secondary N) is 2. The monoisotopic (exact) mass is 330 g/mol. The van der Waals surface area contributed by atoms with Crippen molar-refractivity contribution in [2.75, 3.05) is 5.32 Å². The Kier molecular flexibility index (Phi) is 5.21. The molecule has 2 aromatic carbocycles. The van der Waals surface area contributed by atoms with Gasteiger partial charge >= 0.3 is 5.69 Å². The number of nitro groups is 1. The molecule has 2 rings (SSSR count). The maximum Gasteiger partial charge on any atom is 0.311 e. The highest BCUT2D eigenvalue weighted by atomic mass is 32.1. The van der Waals surface area contributed by atoms with Crippen LogP contribution >= 0.6 is 12.2 Å². The molecule has 0 saturated heterocycles. The highest BCUT2D eigenvalue weighted by molar-refractivity contribution is 7.80. The van der Waals surface area contributed by atoms with E-state index in [0.29, 0.717) is 10.7 Å². The molecule has 0 aromatic heterocycles. The number of nitrogens with zero attached hydrogens (tertiary/aromatic N) is 2. The fourth-order valence-corrected chi connectivity index (χ4v) is 1.96. The van der Waals surface area contributed by atoms with Crippen molar-refractivity contribution in [3.05, 3.63) is 63.7 Å². The van der Waals surface area contributed by atoms with Gasteiger partial charge in [-0.3, -0.25) is 15.5 Å². The van der Waals surface area contributed by atoms with E-state index >= 15 is 0 Å². The van der Waals surface area contributed by atoms with Gasteiger partial charge in [-0.05, 0) is 42.9 Å². The van der Waals surface area contributed by atoms with Crippen molar-refractivity contribution in [1.82, 2.24) is 5.43 Å². The number of anilines is 1. The Morgan fingerprint density at radius 1 is 1.35 bits per heavy atom. The summed E-state index contributed by atoms with van der Waals surface area (Å²) in [4.78, 5) is 10.1. The van der Waals surface area contributed by atoms with Gasteiger partial charge in [-0.15, -0.1) is 0 Å². The van der Waals surface area contributed by atoms with Gasteiger partial charge in [0, 0.05) is 17.3 Å². The van der Waals surface area contributed by atoms with Crippen LogP contribution in [0.2, 0.25) is 0 Å². The van der Waals surface area contributed by atoms with Gasteiger partial charge in [0.05, 0.1) is 11.1 Å².